The first-order valence-corrected chi connectivity index (χ1v) is 7.71. The molecule has 0 radical (unpaired) electrons. The molecule has 1 fully saturated rings. The molecule has 0 aromatic carbocycles. The number of nitrogens with zero attached hydrogens (tertiary/aromatic N) is 1. The number of aromatic nitrogens is 1. The fraction of sp³-hybridized carbons (Fsp3) is 0.667. The standard InChI is InChI=1S/C9H14N2O3S2/c12-4-1-5-16(13,14)11-9-10-8(6-15-9)7-2-3-7/h6-7,12H,1-5H2,(H,10,11). The van der Waals surface area contributed by atoms with Crippen molar-refractivity contribution >= 4 is 26.5 Å². The number of thiazole rings is 1. The minimum absolute atomic E-state index is 0.0676. The fourth-order valence-electron chi connectivity index (χ4n) is 1.34. The number of rotatable bonds is 6. The van der Waals surface area contributed by atoms with E-state index >= 15 is 0 Å². The molecule has 1 aliphatic carbocycles. The van der Waals surface area contributed by atoms with Gasteiger partial charge in [-0.3, -0.25) is 4.72 Å². The second-order valence-corrected chi connectivity index (χ2v) is 6.55. The smallest absolute Gasteiger partial charge is 0.234 e. The van der Waals surface area contributed by atoms with Gasteiger partial charge in [0.15, 0.2) is 5.13 Å². The van der Waals surface area contributed by atoms with E-state index in [2.05, 4.69) is 9.71 Å². The zero-order chi connectivity index (χ0) is 11.6. The van der Waals surface area contributed by atoms with E-state index in [1.54, 1.807) is 0 Å². The summed E-state index contributed by atoms with van der Waals surface area (Å²) in [4.78, 5) is 4.23. The lowest BCUT2D eigenvalue weighted by Crippen LogP contribution is -2.17. The van der Waals surface area contributed by atoms with E-state index in [4.69, 9.17) is 5.11 Å². The van der Waals surface area contributed by atoms with Crippen molar-refractivity contribution in [2.45, 2.75) is 25.2 Å². The van der Waals surface area contributed by atoms with Crippen molar-refractivity contribution in [1.82, 2.24) is 4.98 Å². The summed E-state index contributed by atoms with van der Waals surface area (Å²) in [5.41, 5.74) is 0.991. The van der Waals surface area contributed by atoms with Crippen molar-refractivity contribution in [1.29, 1.82) is 0 Å². The third-order valence-corrected chi connectivity index (χ3v) is 4.57. The molecule has 7 heteroatoms. The highest BCUT2D eigenvalue weighted by Crippen LogP contribution is 2.40. The van der Waals surface area contributed by atoms with Crippen LogP contribution in [0.2, 0.25) is 0 Å². The molecule has 90 valence electrons. The maximum absolute atomic E-state index is 11.5. The zero-order valence-electron chi connectivity index (χ0n) is 8.72. The van der Waals surface area contributed by atoms with Crippen LogP contribution in [0.4, 0.5) is 5.13 Å². The Balaban J connectivity index is 1.96. The lowest BCUT2D eigenvalue weighted by Gasteiger charge is -2.02. The maximum Gasteiger partial charge on any atom is 0.234 e. The van der Waals surface area contributed by atoms with Crippen LogP contribution in [0.3, 0.4) is 0 Å². The summed E-state index contributed by atoms with van der Waals surface area (Å²) >= 11 is 1.31. The first-order valence-electron chi connectivity index (χ1n) is 5.17. The van der Waals surface area contributed by atoms with Crippen molar-refractivity contribution in [3.63, 3.8) is 0 Å². The van der Waals surface area contributed by atoms with Gasteiger partial charge in [0.05, 0.1) is 11.4 Å². The lowest BCUT2D eigenvalue weighted by atomic mass is 10.3. The molecular weight excluding hydrogens is 248 g/mol. The number of hydrogen-bond donors (Lipinski definition) is 2. The molecular formula is C9H14N2O3S2. The van der Waals surface area contributed by atoms with E-state index < -0.39 is 10.0 Å². The van der Waals surface area contributed by atoms with Gasteiger partial charge in [0, 0.05) is 17.9 Å². The van der Waals surface area contributed by atoms with Crippen LogP contribution in [0.25, 0.3) is 0 Å². The van der Waals surface area contributed by atoms with Gasteiger partial charge in [-0.2, -0.15) is 0 Å². The molecule has 1 saturated carbocycles. The maximum atomic E-state index is 11.5. The van der Waals surface area contributed by atoms with E-state index in [1.165, 1.54) is 11.3 Å². The summed E-state index contributed by atoms with van der Waals surface area (Å²) in [6.07, 6.45) is 2.55. The predicted octanol–water partition coefficient (Wildman–Crippen LogP) is 1.14. The van der Waals surface area contributed by atoms with Gasteiger partial charge in [0.1, 0.15) is 0 Å². The first-order chi connectivity index (χ1) is 7.61. The second kappa shape index (κ2) is 4.68. The molecule has 2 rings (SSSR count). The number of aliphatic hydroxyl groups excluding tert-OH is 1. The van der Waals surface area contributed by atoms with Crippen LogP contribution in [-0.2, 0) is 10.0 Å². The predicted molar refractivity (Wildman–Crippen MR) is 63.2 cm³/mol. The Labute approximate surface area is 98.6 Å². The van der Waals surface area contributed by atoms with Gasteiger partial charge >= 0.3 is 0 Å². The monoisotopic (exact) mass is 262 g/mol. The molecule has 0 saturated heterocycles. The van der Waals surface area contributed by atoms with Crippen molar-refractivity contribution < 1.29 is 13.5 Å². The summed E-state index contributed by atoms with van der Waals surface area (Å²) in [6.45, 7) is -0.119. The second-order valence-electron chi connectivity index (χ2n) is 3.85. The largest absolute Gasteiger partial charge is 0.396 e. The van der Waals surface area contributed by atoms with Crippen molar-refractivity contribution in [3.05, 3.63) is 11.1 Å². The lowest BCUT2D eigenvalue weighted by molar-refractivity contribution is 0.295. The molecule has 0 atom stereocenters. The summed E-state index contributed by atoms with van der Waals surface area (Å²) in [7, 11) is -3.35. The summed E-state index contributed by atoms with van der Waals surface area (Å²) in [5.74, 6) is 0.467. The molecule has 0 aliphatic heterocycles. The van der Waals surface area contributed by atoms with Gasteiger partial charge in [0.25, 0.3) is 0 Å². The Bertz CT molecular complexity index is 451. The molecule has 5 nitrogen and oxygen atoms in total. The molecule has 0 amide bonds. The number of anilines is 1. The molecule has 2 N–H and O–H groups in total. The molecule has 0 bridgehead atoms. The van der Waals surface area contributed by atoms with Crippen molar-refractivity contribution in [2.24, 2.45) is 0 Å². The third kappa shape index (κ3) is 3.16. The molecule has 1 aromatic heterocycles. The third-order valence-electron chi connectivity index (χ3n) is 2.33. The molecule has 1 aliphatic rings. The highest BCUT2D eigenvalue weighted by Gasteiger charge is 2.26. The minimum atomic E-state index is -3.35. The topological polar surface area (TPSA) is 79.3 Å². The first kappa shape index (κ1) is 11.8. The highest BCUT2D eigenvalue weighted by molar-refractivity contribution is 7.92. The summed E-state index contributed by atoms with van der Waals surface area (Å²) < 4.78 is 25.4. The molecule has 16 heavy (non-hydrogen) atoms. The Morgan fingerprint density at radius 1 is 1.56 bits per heavy atom. The fourth-order valence-corrected chi connectivity index (χ4v) is 3.47. The van der Waals surface area contributed by atoms with Crippen molar-refractivity contribution in [2.75, 3.05) is 17.1 Å². The van der Waals surface area contributed by atoms with Crippen molar-refractivity contribution in [3.8, 4) is 0 Å². The number of aliphatic hydroxyl groups is 1. The molecule has 0 spiro atoms. The highest BCUT2D eigenvalue weighted by atomic mass is 32.2. The van der Waals surface area contributed by atoms with E-state index in [-0.39, 0.29) is 18.8 Å². The Kier molecular flexibility index (Phi) is 3.46. The molecule has 1 aromatic rings. The zero-order valence-corrected chi connectivity index (χ0v) is 10.4. The number of hydrogen-bond acceptors (Lipinski definition) is 5. The molecule has 1 heterocycles. The van der Waals surface area contributed by atoms with Crippen LogP contribution >= 0.6 is 11.3 Å². The average molecular weight is 262 g/mol. The van der Waals surface area contributed by atoms with Crippen LogP contribution in [-0.4, -0.2) is 30.9 Å². The quantitative estimate of drug-likeness (QED) is 0.806. The van der Waals surface area contributed by atoms with Gasteiger partial charge in [-0.05, 0) is 19.3 Å². The summed E-state index contributed by atoms with van der Waals surface area (Å²) in [6, 6.07) is 0. The van der Waals surface area contributed by atoms with E-state index in [0.717, 1.165) is 18.5 Å². The van der Waals surface area contributed by atoms with E-state index in [9.17, 15) is 8.42 Å². The number of sulfonamides is 1. The van der Waals surface area contributed by atoms with Gasteiger partial charge < -0.3 is 5.11 Å². The van der Waals surface area contributed by atoms with Crippen LogP contribution in [0.15, 0.2) is 5.38 Å². The van der Waals surface area contributed by atoms with E-state index in [1.807, 2.05) is 5.38 Å². The number of nitrogens with one attached hydrogen (secondary N) is 1. The Hall–Kier alpha value is -0.660. The summed E-state index contributed by atoms with van der Waals surface area (Å²) in [5, 5.41) is 10.9. The molecule has 0 unspecified atom stereocenters. The SMILES string of the molecule is O=S(=O)(CCCO)Nc1nc(C2CC2)cs1. The average Bonchev–Trinajstić information content (AvgIpc) is 2.98. The van der Waals surface area contributed by atoms with Gasteiger partial charge in [-0.1, -0.05) is 0 Å². The van der Waals surface area contributed by atoms with Crippen LogP contribution in [0.1, 0.15) is 30.9 Å². The van der Waals surface area contributed by atoms with Crippen LogP contribution in [0, 0.1) is 0 Å². The van der Waals surface area contributed by atoms with Gasteiger partial charge in [-0.15, -0.1) is 11.3 Å². The van der Waals surface area contributed by atoms with Gasteiger partial charge in [-0.25, -0.2) is 13.4 Å². The Morgan fingerprint density at radius 2 is 2.31 bits per heavy atom. The minimum Gasteiger partial charge on any atom is -0.396 e. The normalized spacial score (nSPS) is 16.3. The van der Waals surface area contributed by atoms with E-state index in [0.29, 0.717) is 11.0 Å². The van der Waals surface area contributed by atoms with Crippen LogP contribution in [0.5, 0.6) is 0 Å². The Morgan fingerprint density at radius 3 is 2.94 bits per heavy atom. The van der Waals surface area contributed by atoms with Gasteiger partial charge in [0.2, 0.25) is 10.0 Å². The van der Waals surface area contributed by atoms with Crippen LogP contribution < -0.4 is 4.72 Å².